The van der Waals surface area contributed by atoms with Crippen molar-refractivity contribution in [3.63, 3.8) is 0 Å². The van der Waals surface area contributed by atoms with Crippen LogP contribution in [0.4, 0.5) is 8.78 Å². The average Bonchev–Trinajstić information content (AvgIpc) is 2.96. The lowest BCUT2D eigenvalue weighted by Gasteiger charge is -2.08. The van der Waals surface area contributed by atoms with Gasteiger partial charge in [0.2, 0.25) is 0 Å². The maximum absolute atomic E-state index is 13.3. The highest BCUT2D eigenvalue weighted by molar-refractivity contribution is 5.83. The molecule has 0 N–H and O–H groups in total. The molecule has 0 amide bonds. The molecule has 136 valence electrons. The Morgan fingerprint density at radius 2 is 2.12 bits per heavy atom. The van der Waals surface area contributed by atoms with Crippen molar-refractivity contribution in [1.29, 1.82) is 0 Å². The number of hydrogen-bond acceptors (Lipinski definition) is 2. The number of nitrogens with zero attached hydrogens (tertiary/aromatic N) is 2. The van der Waals surface area contributed by atoms with Crippen LogP contribution in [0.15, 0.2) is 61.3 Å². The zero-order chi connectivity index (χ0) is 19.1. The van der Waals surface area contributed by atoms with Crippen molar-refractivity contribution in [2.45, 2.75) is 27.4 Å². The van der Waals surface area contributed by atoms with E-state index in [4.69, 9.17) is 4.74 Å². The molecule has 0 spiro atoms. The van der Waals surface area contributed by atoms with E-state index in [2.05, 4.69) is 11.6 Å². The van der Waals surface area contributed by atoms with Crippen molar-refractivity contribution in [2.75, 3.05) is 0 Å². The summed E-state index contributed by atoms with van der Waals surface area (Å²) in [6.07, 6.45) is 9.33. The molecule has 5 heteroatoms. The fourth-order valence-corrected chi connectivity index (χ4v) is 2.42. The van der Waals surface area contributed by atoms with Gasteiger partial charge in [0.25, 0.3) is 0 Å². The fourth-order valence-electron chi connectivity index (χ4n) is 2.42. The molecule has 0 fully saturated rings. The Bertz CT molecular complexity index is 876. The Balaban J connectivity index is 2.20. The molecular formula is C21H22F2N2O. The monoisotopic (exact) mass is 356 g/mol. The SMILES string of the molecule is C=C/C(=C\n1cc(CO/C=C/C(F)=C\C)nc1C)c1ccc(F)cc1C. The molecule has 1 aromatic carbocycles. The van der Waals surface area contributed by atoms with Gasteiger partial charge in [0.15, 0.2) is 0 Å². The second-order valence-electron chi connectivity index (χ2n) is 5.72. The smallest absolute Gasteiger partial charge is 0.131 e. The molecule has 0 radical (unpaired) electrons. The van der Waals surface area contributed by atoms with Crippen molar-refractivity contribution in [2.24, 2.45) is 0 Å². The summed E-state index contributed by atoms with van der Waals surface area (Å²) < 4.78 is 33.4. The first-order chi connectivity index (χ1) is 12.4. The molecule has 2 aromatic rings. The maximum Gasteiger partial charge on any atom is 0.131 e. The van der Waals surface area contributed by atoms with Gasteiger partial charge in [0.05, 0.1) is 12.0 Å². The quantitative estimate of drug-likeness (QED) is 0.468. The van der Waals surface area contributed by atoms with Crippen LogP contribution in [0.1, 0.15) is 29.6 Å². The lowest BCUT2D eigenvalue weighted by atomic mass is 10.0. The van der Waals surface area contributed by atoms with Gasteiger partial charge in [-0.1, -0.05) is 24.8 Å². The standard InChI is InChI=1S/C21H22F2N2O/c1-5-17(21-8-7-19(23)11-15(21)3)12-25-13-20(24-16(25)4)14-26-10-9-18(22)6-2/h5-13H,1,14H2,2-4H3/b10-9+,17-12+,18-6+. The van der Waals surface area contributed by atoms with Crippen LogP contribution < -0.4 is 0 Å². The van der Waals surface area contributed by atoms with Gasteiger partial charge in [-0.15, -0.1) is 0 Å². The zero-order valence-electron chi connectivity index (χ0n) is 15.2. The molecule has 0 saturated carbocycles. The van der Waals surface area contributed by atoms with Gasteiger partial charge in [0, 0.05) is 18.5 Å². The molecule has 0 bridgehead atoms. The van der Waals surface area contributed by atoms with Crippen LogP contribution in [-0.4, -0.2) is 9.55 Å². The van der Waals surface area contributed by atoms with E-state index in [1.165, 1.54) is 30.5 Å². The van der Waals surface area contributed by atoms with E-state index < -0.39 is 0 Å². The number of benzene rings is 1. The van der Waals surface area contributed by atoms with Crippen LogP contribution in [0.3, 0.4) is 0 Å². The van der Waals surface area contributed by atoms with Crippen LogP contribution in [0, 0.1) is 19.7 Å². The first-order valence-electron chi connectivity index (χ1n) is 8.19. The summed E-state index contributed by atoms with van der Waals surface area (Å²) in [7, 11) is 0. The maximum atomic E-state index is 13.3. The molecule has 26 heavy (non-hydrogen) atoms. The summed E-state index contributed by atoms with van der Waals surface area (Å²) in [5, 5.41) is 0. The highest BCUT2D eigenvalue weighted by atomic mass is 19.1. The normalized spacial score (nSPS) is 12.7. The second kappa shape index (κ2) is 8.94. The number of allylic oxidation sites excluding steroid dienone is 5. The molecule has 0 unspecified atom stereocenters. The number of rotatable bonds is 7. The lowest BCUT2D eigenvalue weighted by Crippen LogP contribution is -1.93. The van der Waals surface area contributed by atoms with E-state index in [1.807, 2.05) is 30.8 Å². The molecular weight excluding hydrogens is 334 g/mol. The number of hydrogen-bond donors (Lipinski definition) is 0. The van der Waals surface area contributed by atoms with E-state index in [0.717, 1.165) is 22.5 Å². The Hall–Kier alpha value is -2.95. The Labute approximate surface area is 152 Å². The molecule has 0 aliphatic carbocycles. The molecule has 1 aromatic heterocycles. The zero-order valence-corrected chi connectivity index (χ0v) is 15.2. The largest absolute Gasteiger partial charge is 0.495 e. The van der Waals surface area contributed by atoms with Crippen LogP contribution in [0.25, 0.3) is 11.8 Å². The lowest BCUT2D eigenvalue weighted by molar-refractivity contribution is 0.232. The van der Waals surface area contributed by atoms with Crippen LogP contribution in [0.2, 0.25) is 0 Å². The van der Waals surface area contributed by atoms with Crippen molar-refractivity contribution in [1.82, 2.24) is 9.55 Å². The third kappa shape index (κ3) is 5.02. The van der Waals surface area contributed by atoms with Crippen LogP contribution >= 0.6 is 0 Å². The minimum absolute atomic E-state index is 0.230. The van der Waals surface area contributed by atoms with E-state index in [0.29, 0.717) is 5.69 Å². The van der Waals surface area contributed by atoms with Gasteiger partial charge in [0.1, 0.15) is 24.1 Å². The van der Waals surface area contributed by atoms with E-state index in [9.17, 15) is 8.78 Å². The van der Waals surface area contributed by atoms with Gasteiger partial charge in [-0.25, -0.2) is 13.8 Å². The number of aryl methyl sites for hydroxylation is 2. The summed E-state index contributed by atoms with van der Waals surface area (Å²) in [5.74, 6) is 0.140. The minimum atomic E-state index is -0.361. The third-order valence-corrected chi connectivity index (χ3v) is 3.80. The van der Waals surface area contributed by atoms with Crippen molar-refractivity contribution >= 4 is 11.8 Å². The predicted octanol–water partition coefficient (Wildman–Crippen LogP) is 5.73. The van der Waals surface area contributed by atoms with Crippen molar-refractivity contribution < 1.29 is 13.5 Å². The summed E-state index contributed by atoms with van der Waals surface area (Å²) in [6.45, 7) is 9.41. The predicted molar refractivity (Wildman–Crippen MR) is 101 cm³/mol. The topological polar surface area (TPSA) is 27.1 Å². The van der Waals surface area contributed by atoms with E-state index in [1.54, 1.807) is 19.1 Å². The van der Waals surface area contributed by atoms with Crippen molar-refractivity contribution in [3.8, 4) is 0 Å². The second-order valence-corrected chi connectivity index (χ2v) is 5.72. The molecule has 1 heterocycles. The Morgan fingerprint density at radius 1 is 1.35 bits per heavy atom. The number of aromatic nitrogens is 2. The van der Waals surface area contributed by atoms with E-state index >= 15 is 0 Å². The van der Waals surface area contributed by atoms with E-state index in [-0.39, 0.29) is 18.3 Å². The summed E-state index contributed by atoms with van der Waals surface area (Å²) in [6, 6.07) is 4.65. The summed E-state index contributed by atoms with van der Waals surface area (Å²) in [5.41, 5.74) is 3.29. The third-order valence-electron chi connectivity index (χ3n) is 3.80. The summed E-state index contributed by atoms with van der Waals surface area (Å²) in [4.78, 5) is 4.42. The number of ether oxygens (including phenoxy) is 1. The van der Waals surface area contributed by atoms with Gasteiger partial charge < -0.3 is 9.30 Å². The molecule has 0 atom stereocenters. The first-order valence-corrected chi connectivity index (χ1v) is 8.19. The highest BCUT2D eigenvalue weighted by Gasteiger charge is 2.07. The number of imidazole rings is 1. The molecule has 0 aliphatic heterocycles. The highest BCUT2D eigenvalue weighted by Crippen LogP contribution is 2.22. The number of halogens is 2. The van der Waals surface area contributed by atoms with Crippen molar-refractivity contribution in [3.05, 3.63) is 89.8 Å². The summed E-state index contributed by atoms with van der Waals surface area (Å²) >= 11 is 0. The molecule has 0 aliphatic rings. The van der Waals surface area contributed by atoms with Gasteiger partial charge in [-0.2, -0.15) is 0 Å². The minimum Gasteiger partial charge on any atom is -0.495 e. The van der Waals surface area contributed by atoms with Gasteiger partial charge in [-0.3, -0.25) is 0 Å². The van der Waals surface area contributed by atoms with Gasteiger partial charge >= 0.3 is 0 Å². The fraction of sp³-hybridized carbons (Fsp3) is 0.190. The van der Waals surface area contributed by atoms with Crippen LogP contribution in [-0.2, 0) is 11.3 Å². The Morgan fingerprint density at radius 3 is 2.77 bits per heavy atom. The Kier molecular flexibility index (Phi) is 6.67. The average molecular weight is 356 g/mol. The van der Waals surface area contributed by atoms with Gasteiger partial charge in [-0.05, 0) is 49.6 Å². The molecule has 0 saturated heterocycles. The molecule has 3 nitrogen and oxygen atoms in total. The first kappa shape index (κ1) is 19.4. The van der Waals surface area contributed by atoms with Crippen LogP contribution in [0.5, 0.6) is 0 Å². The molecule has 2 rings (SSSR count).